The second kappa shape index (κ2) is 6.89. The van der Waals surface area contributed by atoms with E-state index in [1.807, 2.05) is 38.1 Å². The summed E-state index contributed by atoms with van der Waals surface area (Å²) in [4.78, 5) is 21.4. The number of nitrogens with zero attached hydrogens (tertiary/aromatic N) is 3. The van der Waals surface area contributed by atoms with Gasteiger partial charge in [0.2, 0.25) is 5.95 Å². The molecular weight excluding hydrogens is 370 g/mol. The molecule has 0 radical (unpaired) electrons. The molecule has 2 aromatic heterocycles. The first-order valence-corrected chi connectivity index (χ1v) is 9.53. The summed E-state index contributed by atoms with van der Waals surface area (Å²) in [7, 11) is 0. The Bertz CT molecular complexity index is 1120. The van der Waals surface area contributed by atoms with Gasteiger partial charge in [-0.2, -0.15) is 0 Å². The van der Waals surface area contributed by atoms with Crippen LogP contribution in [-0.2, 0) is 17.9 Å². The number of hydrogen-bond acceptors (Lipinski definition) is 6. The van der Waals surface area contributed by atoms with Gasteiger partial charge in [0, 0.05) is 41.8 Å². The molecule has 148 valence electrons. The van der Waals surface area contributed by atoms with Gasteiger partial charge >= 0.3 is 0 Å². The number of anilines is 2. The van der Waals surface area contributed by atoms with Gasteiger partial charge in [-0.1, -0.05) is 0 Å². The number of carbonyl (C=O) groups is 1. The lowest BCUT2D eigenvalue weighted by Gasteiger charge is -2.18. The van der Waals surface area contributed by atoms with E-state index in [0.29, 0.717) is 24.8 Å². The van der Waals surface area contributed by atoms with Gasteiger partial charge in [0.25, 0.3) is 5.91 Å². The fraction of sp³-hybridized carbons (Fsp3) is 0.286. The molecule has 0 spiro atoms. The summed E-state index contributed by atoms with van der Waals surface area (Å²) >= 11 is 0. The summed E-state index contributed by atoms with van der Waals surface area (Å²) in [5, 5.41) is 6.17. The van der Waals surface area contributed by atoms with Gasteiger partial charge in [0.05, 0.1) is 12.3 Å². The number of nitrogens with one attached hydrogen (secondary N) is 2. The van der Waals surface area contributed by atoms with Crippen LogP contribution in [0.5, 0.6) is 5.75 Å². The second-order valence-corrected chi connectivity index (χ2v) is 7.17. The smallest absolute Gasteiger partial charge is 0.268 e. The number of amides is 1. The number of fused-ring (bicyclic) bond motifs is 2. The minimum Gasteiger partial charge on any atom is -0.467 e. The van der Waals surface area contributed by atoms with Crippen LogP contribution < -0.4 is 15.4 Å². The van der Waals surface area contributed by atoms with E-state index in [1.54, 1.807) is 6.20 Å². The molecule has 2 N–H and O–H groups in total. The second-order valence-electron chi connectivity index (χ2n) is 7.17. The average molecular weight is 391 g/mol. The minimum atomic E-state index is -0.0333. The lowest BCUT2D eigenvalue weighted by atomic mass is 10.1. The van der Waals surface area contributed by atoms with E-state index in [-0.39, 0.29) is 12.7 Å². The van der Waals surface area contributed by atoms with Crippen molar-refractivity contribution < 1.29 is 14.3 Å². The molecule has 2 aliphatic rings. The third-order valence-corrected chi connectivity index (χ3v) is 5.39. The van der Waals surface area contributed by atoms with Crippen LogP contribution >= 0.6 is 0 Å². The molecule has 3 aromatic rings. The minimum absolute atomic E-state index is 0.0333. The molecule has 0 unspecified atom stereocenters. The van der Waals surface area contributed by atoms with Crippen LogP contribution in [0.1, 0.15) is 27.3 Å². The molecule has 0 saturated carbocycles. The normalized spacial score (nSPS) is 15.2. The molecule has 0 saturated heterocycles. The number of rotatable bonds is 3. The van der Waals surface area contributed by atoms with E-state index in [1.165, 1.54) is 0 Å². The summed E-state index contributed by atoms with van der Waals surface area (Å²) in [5.74, 6) is 1.29. The SMILES string of the molecule is Cc1c(-c2ccnc(Nc3ccc4c(c3)COCO4)n2)c(C)n2c1C(=O)NCC2. The highest BCUT2D eigenvalue weighted by atomic mass is 16.7. The molecule has 29 heavy (non-hydrogen) atoms. The Morgan fingerprint density at radius 2 is 2.14 bits per heavy atom. The van der Waals surface area contributed by atoms with Gasteiger partial charge in [-0.15, -0.1) is 0 Å². The van der Waals surface area contributed by atoms with Crippen LogP contribution in [0.2, 0.25) is 0 Å². The van der Waals surface area contributed by atoms with E-state index in [9.17, 15) is 4.79 Å². The van der Waals surface area contributed by atoms with Crippen molar-refractivity contribution >= 4 is 17.5 Å². The Morgan fingerprint density at radius 3 is 3.00 bits per heavy atom. The molecule has 0 aliphatic carbocycles. The van der Waals surface area contributed by atoms with Crippen LogP contribution in [0, 0.1) is 13.8 Å². The van der Waals surface area contributed by atoms with Gasteiger partial charge in [-0.05, 0) is 43.7 Å². The van der Waals surface area contributed by atoms with E-state index in [0.717, 1.165) is 46.1 Å². The van der Waals surface area contributed by atoms with E-state index >= 15 is 0 Å². The first-order valence-electron chi connectivity index (χ1n) is 9.53. The van der Waals surface area contributed by atoms with Gasteiger partial charge in [0.15, 0.2) is 6.79 Å². The molecule has 8 heteroatoms. The molecule has 0 atom stereocenters. The van der Waals surface area contributed by atoms with Crippen LogP contribution in [-0.4, -0.2) is 33.8 Å². The van der Waals surface area contributed by atoms with Crippen LogP contribution in [0.15, 0.2) is 30.5 Å². The molecule has 4 heterocycles. The highest BCUT2D eigenvalue weighted by molar-refractivity contribution is 5.97. The lowest BCUT2D eigenvalue weighted by Crippen LogP contribution is -2.35. The van der Waals surface area contributed by atoms with Crippen molar-refractivity contribution in [2.75, 3.05) is 18.7 Å². The van der Waals surface area contributed by atoms with Gasteiger partial charge in [-0.25, -0.2) is 9.97 Å². The molecular formula is C21H21N5O3. The molecule has 0 bridgehead atoms. The summed E-state index contributed by atoms with van der Waals surface area (Å²) in [6.07, 6.45) is 1.73. The first-order chi connectivity index (χ1) is 14.1. The zero-order chi connectivity index (χ0) is 20.0. The van der Waals surface area contributed by atoms with E-state index in [2.05, 4.69) is 20.2 Å². The van der Waals surface area contributed by atoms with Crippen molar-refractivity contribution in [3.8, 4) is 17.0 Å². The third-order valence-electron chi connectivity index (χ3n) is 5.39. The molecule has 1 aromatic carbocycles. The molecule has 0 fully saturated rings. The van der Waals surface area contributed by atoms with Gasteiger partial charge in [-0.3, -0.25) is 4.79 Å². The Labute approximate surface area is 167 Å². The lowest BCUT2D eigenvalue weighted by molar-refractivity contribution is -0.0163. The highest BCUT2D eigenvalue weighted by Crippen LogP contribution is 2.33. The van der Waals surface area contributed by atoms with Crippen molar-refractivity contribution in [3.63, 3.8) is 0 Å². The molecule has 5 rings (SSSR count). The van der Waals surface area contributed by atoms with E-state index in [4.69, 9.17) is 14.5 Å². The van der Waals surface area contributed by atoms with E-state index < -0.39 is 0 Å². The zero-order valence-corrected chi connectivity index (χ0v) is 16.3. The predicted molar refractivity (Wildman–Crippen MR) is 107 cm³/mol. The first kappa shape index (κ1) is 17.7. The Kier molecular flexibility index (Phi) is 4.21. The maximum Gasteiger partial charge on any atom is 0.268 e. The van der Waals surface area contributed by atoms with Crippen molar-refractivity contribution in [1.82, 2.24) is 19.9 Å². The Balaban J connectivity index is 1.49. The maximum absolute atomic E-state index is 12.3. The largest absolute Gasteiger partial charge is 0.467 e. The average Bonchev–Trinajstić information content (AvgIpc) is 2.99. The predicted octanol–water partition coefficient (Wildman–Crippen LogP) is 2.92. The number of aromatic nitrogens is 3. The maximum atomic E-state index is 12.3. The van der Waals surface area contributed by atoms with Crippen molar-refractivity contribution in [1.29, 1.82) is 0 Å². The summed E-state index contributed by atoms with van der Waals surface area (Å²) in [6.45, 7) is 6.21. The molecule has 2 aliphatic heterocycles. The van der Waals surface area contributed by atoms with Crippen molar-refractivity contribution in [2.45, 2.75) is 27.0 Å². The monoisotopic (exact) mass is 391 g/mol. The molecule has 1 amide bonds. The fourth-order valence-electron chi connectivity index (χ4n) is 4.06. The zero-order valence-electron chi connectivity index (χ0n) is 16.3. The van der Waals surface area contributed by atoms with Crippen molar-refractivity contribution in [3.05, 3.63) is 53.0 Å². The van der Waals surface area contributed by atoms with Gasteiger partial charge in [0.1, 0.15) is 11.4 Å². The summed E-state index contributed by atoms with van der Waals surface area (Å²) < 4.78 is 12.9. The molecule has 8 nitrogen and oxygen atoms in total. The Morgan fingerprint density at radius 1 is 1.24 bits per heavy atom. The highest BCUT2D eigenvalue weighted by Gasteiger charge is 2.26. The quantitative estimate of drug-likeness (QED) is 0.714. The van der Waals surface area contributed by atoms with Gasteiger partial charge < -0.3 is 24.7 Å². The third kappa shape index (κ3) is 3.01. The van der Waals surface area contributed by atoms with Crippen molar-refractivity contribution in [2.24, 2.45) is 0 Å². The summed E-state index contributed by atoms with van der Waals surface area (Å²) in [6, 6.07) is 7.69. The number of ether oxygens (including phenoxy) is 2. The van der Waals surface area contributed by atoms with Crippen LogP contribution in [0.4, 0.5) is 11.6 Å². The topological polar surface area (TPSA) is 90.3 Å². The number of hydrogen-bond donors (Lipinski definition) is 2. The van der Waals surface area contributed by atoms with Crippen LogP contribution in [0.3, 0.4) is 0 Å². The summed E-state index contributed by atoms with van der Waals surface area (Å²) in [5.41, 5.74) is 6.31. The standard InChI is InChI=1S/C21H21N5O3/c1-12-18(13(2)26-8-7-22-20(27)19(12)26)16-5-6-23-21(25-16)24-15-3-4-17-14(9-15)10-28-11-29-17/h3-6,9H,7-8,10-11H2,1-2H3,(H,22,27)(H,23,24,25). The Hall–Kier alpha value is -3.39. The number of carbonyl (C=O) groups excluding carboxylic acids is 1. The van der Waals surface area contributed by atoms with Crippen LogP contribution in [0.25, 0.3) is 11.3 Å². The number of benzene rings is 1. The fourth-order valence-corrected chi connectivity index (χ4v) is 4.06.